The summed E-state index contributed by atoms with van der Waals surface area (Å²) in [7, 11) is 0. The van der Waals surface area contributed by atoms with Crippen LogP contribution in [-0.4, -0.2) is 33.4 Å². The number of carbonyl (C=O) groups is 1. The number of carbonyl (C=O) groups excluding carboxylic acids is 1. The van der Waals surface area contributed by atoms with Crippen molar-refractivity contribution in [1.82, 2.24) is 14.5 Å². The van der Waals surface area contributed by atoms with Crippen LogP contribution in [0.1, 0.15) is 45.0 Å². The number of thiophene rings is 1. The van der Waals surface area contributed by atoms with Crippen molar-refractivity contribution in [2.24, 2.45) is 0 Å². The molecule has 0 N–H and O–H groups in total. The average molecular weight is 303 g/mol. The van der Waals surface area contributed by atoms with Gasteiger partial charge in [-0.25, -0.2) is 4.98 Å². The fourth-order valence-electron chi connectivity index (χ4n) is 3.17. The quantitative estimate of drug-likeness (QED) is 0.853. The molecule has 21 heavy (non-hydrogen) atoms. The third kappa shape index (κ3) is 2.75. The third-order valence-corrected chi connectivity index (χ3v) is 5.16. The topological polar surface area (TPSA) is 38.1 Å². The summed E-state index contributed by atoms with van der Waals surface area (Å²) in [6, 6.07) is 4.31. The molecule has 1 atom stereocenters. The molecule has 1 unspecified atom stereocenters. The first kappa shape index (κ1) is 14.3. The van der Waals surface area contributed by atoms with Crippen molar-refractivity contribution < 1.29 is 4.79 Å². The Labute approximate surface area is 129 Å². The highest BCUT2D eigenvalue weighted by Gasteiger charge is 2.27. The van der Waals surface area contributed by atoms with Gasteiger partial charge in [-0.15, -0.1) is 11.3 Å². The number of amides is 1. The van der Waals surface area contributed by atoms with Gasteiger partial charge in [-0.3, -0.25) is 4.79 Å². The molecule has 1 aliphatic heterocycles. The lowest BCUT2D eigenvalue weighted by Gasteiger charge is -2.34. The zero-order valence-corrected chi connectivity index (χ0v) is 13.6. The van der Waals surface area contributed by atoms with E-state index in [2.05, 4.69) is 16.5 Å². The summed E-state index contributed by atoms with van der Waals surface area (Å²) in [6.07, 6.45) is 4.09. The smallest absolute Gasteiger partial charge is 0.263 e. The molecule has 0 spiro atoms. The number of piperidine rings is 1. The summed E-state index contributed by atoms with van der Waals surface area (Å²) in [5.41, 5.74) is 1.18. The van der Waals surface area contributed by atoms with Crippen molar-refractivity contribution in [3.8, 4) is 0 Å². The number of imidazole rings is 1. The Kier molecular flexibility index (Phi) is 3.85. The summed E-state index contributed by atoms with van der Waals surface area (Å²) in [5, 5.41) is 0. The molecule has 112 valence electrons. The highest BCUT2D eigenvalue weighted by molar-refractivity contribution is 7.13. The number of hydrogen-bond donors (Lipinski definition) is 0. The highest BCUT2D eigenvalue weighted by atomic mass is 32.1. The highest BCUT2D eigenvalue weighted by Crippen LogP contribution is 2.26. The summed E-state index contributed by atoms with van der Waals surface area (Å²) >= 11 is 1.58. The van der Waals surface area contributed by atoms with Gasteiger partial charge in [0.2, 0.25) is 0 Å². The van der Waals surface area contributed by atoms with E-state index < -0.39 is 0 Å². The van der Waals surface area contributed by atoms with E-state index in [1.165, 1.54) is 10.6 Å². The van der Waals surface area contributed by atoms with Crippen LogP contribution in [0.3, 0.4) is 0 Å². The Hall–Kier alpha value is -1.62. The van der Waals surface area contributed by atoms with Crippen LogP contribution in [0, 0.1) is 20.8 Å². The second-order valence-corrected chi connectivity index (χ2v) is 7.06. The molecule has 1 aliphatic rings. The van der Waals surface area contributed by atoms with Gasteiger partial charge in [-0.2, -0.15) is 0 Å². The van der Waals surface area contributed by atoms with E-state index in [1.807, 2.05) is 37.1 Å². The van der Waals surface area contributed by atoms with Crippen LogP contribution in [0.5, 0.6) is 0 Å². The fraction of sp³-hybridized carbons (Fsp3) is 0.500. The van der Waals surface area contributed by atoms with Crippen LogP contribution >= 0.6 is 11.3 Å². The lowest BCUT2D eigenvalue weighted by molar-refractivity contribution is 0.0682. The van der Waals surface area contributed by atoms with E-state index in [4.69, 9.17) is 0 Å². The molecular formula is C16H21N3OS. The largest absolute Gasteiger partial charge is 0.336 e. The summed E-state index contributed by atoms with van der Waals surface area (Å²) < 4.78 is 2.28. The van der Waals surface area contributed by atoms with E-state index in [-0.39, 0.29) is 5.91 Å². The number of aryl methyl sites for hydroxylation is 3. The molecule has 1 amide bonds. The summed E-state index contributed by atoms with van der Waals surface area (Å²) in [5.74, 6) is 1.21. The van der Waals surface area contributed by atoms with E-state index in [9.17, 15) is 4.79 Å². The van der Waals surface area contributed by atoms with Gasteiger partial charge in [0.15, 0.2) is 0 Å². The number of likely N-dealkylation sites (tertiary alicyclic amines) is 1. The predicted octanol–water partition coefficient (Wildman–Crippen LogP) is 3.35. The summed E-state index contributed by atoms with van der Waals surface area (Å²) in [6.45, 7) is 7.81. The van der Waals surface area contributed by atoms with Gasteiger partial charge in [-0.05, 0) is 45.7 Å². The van der Waals surface area contributed by atoms with E-state index in [0.717, 1.165) is 36.6 Å². The van der Waals surface area contributed by atoms with Crippen molar-refractivity contribution in [3.63, 3.8) is 0 Å². The molecule has 0 saturated carbocycles. The van der Waals surface area contributed by atoms with Gasteiger partial charge >= 0.3 is 0 Å². The van der Waals surface area contributed by atoms with Crippen LogP contribution < -0.4 is 0 Å². The molecule has 0 radical (unpaired) electrons. The molecule has 1 fully saturated rings. The normalized spacial score (nSPS) is 19.0. The van der Waals surface area contributed by atoms with Gasteiger partial charge in [-0.1, -0.05) is 0 Å². The fourth-order valence-corrected chi connectivity index (χ4v) is 4.01. The molecular weight excluding hydrogens is 282 g/mol. The molecule has 1 saturated heterocycles. The minimum Gasteiger partial charge on any atom is -0.336 e. The Morgan fingerprint density at radius 1 is 1.33 bits per heavy atom. The monoisotopic (exact) mass is 303 g/mol. The maximum atomic E-state index is 12.6. The second-order valence-electron chi connectivity index (χ2n) is 5.77. The number of rotatable bonds is 2. The number of hydrogen-bond acceptors (Lipinski definition) is 3. The Balaban J connectivity index is 1.78. The third-order valence-electron chi connectivity index (χ3n) is 4.17. The van der Waals surface area contributed by atoms with Crippen molar-refractivity contribution in [1.29, 1.82) is 0 Å². The maximum Gasteiger partial charge on any atom is 0.263 e. The molecule has 0 aromatic carbocycles. The lowest BCUT2D eigenvalue weighted by Crippen LogP contribution is -2.40. The molecule has 3 heterocycles. The van der Waals surface area contributed by atoms with Gasteiger partial charge in [0.25, 0.3) is 5.91 Å². The Morgan fingerprint density at radius 3 is 2.76 bits per heavy atom. The maximum absolute atomic E-state index is 12.6. The Morgan fingerprint density at radius 2 is 2.14 bits per heavy atom. The summed E-state index contributed by atoms with van der Waals surface area (Å²) in [4.78, 5) is 21.0. The number of aromatic nitrogens is 2. The molecule has 0 aliphatic carbocycles. The Bertz CT molecular complexity index is 639. The number of nitrogens with zero attached hydrogens (tertiary/aromatic N) is 3. The van der Waals surface area contributed by atoms with Gasteiger partial charge in [0.05, 0.1) is 10.9 Å². The molecule has 2 aromatic heterocycles. The zero-order valence-electron chi connectivity index (χ0n) is 12.8. The van der Waals surface area contributed by atoms with E-state index in [1.54, 1.807) is 11.3 Å². The van der Waals surface area contributed by atoms with Crippen molar-refractivity contribution in [3.05, 3.63) is 39.6 Å². The van der Waals surface area contributed by atoms with E-state index in [0.29, 0.717) is 6.04 Å². The average Bonchev–Trinajstić information content (AvgIpc) is 3.04. The first-order chi connectivity index (χ1) is 10.1. The van der Waals surface area contributed by atoms with Crippen LogP contribution in [0.4, 0.5) is 0 Å². The van der Waals surface area contributed by atoms with Crippen LogP contribution in [0.25, 0.3) is 0 Å². The molecule has 4 nitrogen and oxygen atoms in total. The second kappa shape index (κ2) is 5.64. The molecule has 0 bridgehead atoms. The standard InChI is InChI=1S/C16H21N3OS/c1-11-9-17-13(3)19(11)14-5-4-8-18(10-14)16(20)15-7-6-12(2)21-15/h6-7,9,14H,4-5,8,10H2,1-3H3. The zero-order chi connectivity index (χ0) is 15.0. The van der Waals surface area contributed by atoms with E-state index >= 15 is 0 Å². The van der Waals surface area contributed by atoms with Crippen LogP contribution in [-0.2, 0) is 0 Å². The van der Waals surface area contributed by atoms with Crippen molar-refractivity contribution >= 4 is 17.2 Å². The SMILES string of the molecule is Cc1ccc(C(=O)N2CCCC(n3c(C)cnc3C)C2)s1. The molecule has 3 rings (SSSR count). The molecule has 5 heteroatoms. The lowest BCUT2D eigenvalue weighted by atomic mass is 10.0. The van der Waals surface area contributed by atoms with Crippen molar-refractivity contribution in [2.75, 3.05) is 13.1 Å². The first-order valence-corrected chi connectivity index (χ1v) is 8.24. The van der Waals surface area contributed by atoms with Crippen LogP contribution in [0.15, 0.2) is 18.3 Å². The minimum absolute atomic E-state index is 0.174. The van der Waals surface area contributed by atoms with Gasteiger partial charge in [0, 0.05) is 29.9 Å². The van der Waals surface area contributed by atoms with Gasteiger partial charge < -0.3 is 9.47 Å². The van der Waals surface area contributed by atoms with Gasteiger partial charge in [0.1, 0.15) is 5.82 Å². The molecule has 2 aromatic rings. The minimum atomic E-state index is 0.174. The van der Waals surface area contributed by atoms with Crippen LogP contribution in [0.2, 0.25) is 0 Å². The predicted molar refractivity (Wildman–Crippen MR) is 84.9 cm³/mol. The van der Waals surface area contributed by atoms with Crippen molar-refractivity contribution in [2.45, 2.75) is 39.7 Å². The first-order valence-electron chi connectivity index (χ1n) is 7.42.